The van der Waals surface area contributed by atoms with Crippen LogP contribution < -0.4 is 14.8 Å². The summed E-state index contributed by atoms with van der Waals surface area (Å²) in [6.45, 7) is 4.69. The second-order valence-electron chi connectivity index (χ2n) is 4.99. The summed E-state index contributed by atoms with van der Waals surface area (Å²) in [5, 5.41) is 12.3. The molecule has 1 atom stereocenters. The standard InChI is InChI=1S/C17H20N4O2/c1-4-9-23-15-6-5-13(10-16(15)22-3)12(2)21-17-14(11-18)19-7-8-20-17/h5-8,10,12H,4,9H2,1-3H3,(H,20,21). The lowest BCUT2D eigenvalue weighted by atomic mass is 10.1. The zero-order valence-electron chi connectivity index (χ0n) is 13.5. The third-order valence-electron chi connectivity index (χ3n) is 3.31. The molecule has 1 heterocycles. The SMILES string of the molecule is CCCOc1ccc(C(C)Nc2nccnc2C#N)cc1OC. The van der Waals surface area contributed by atoms with E-state index in [4.69, 9.17) is 14.7 Å². The molecule has 0 bridgehead atoms. The van der Waals surface area contributed by atoms with Gasteiger partial charge in [-0.1, -0.05) is 13.0 Å². The highest BCUT2D eigenvalue weighted by Gasteiger charge is 2.13. The Labute approximate surface area is 136 Å². The minimum absolute atomic E-state index is 0.0621. The first-order valence-electron chi connectivity index (χ1n) is 7.48. The van der Waals surface area contributed by atoms with Gasteiger partial charge in [-0.3, -0.25) is 0 Å². The molecule has 0 saturated heterocycles. The molecule has 2 rings (SSSR count). The number of anilines is 1. The van der Waals surface area contributed by atoms with E-state index < -0.39 is 0 Å². The second-order valence-corrected chi connectivity index (χ2v) is 4.99. The molecule has 0 radical (unpaired) electrons. The highest BCUT2D eigenvalue weighted by molar-refractivity contribution is 5.50. The number of benzene rings is 1. The third kappa shape index (κ3) is 4.10. The van der Waals surface area contributed by atoms with Gasteiger partial charge in [0, 0.05) is 12.4 Å². The van der Waals surface area contributed by atoms with E-state index >= 15 is 0 Å². The average Bonchev–Trinajstić information content (AvgIpc) is 2.60. The van der Waals surface area contributed by atoms with Crippen molar-refractivity contribution in [3.8, 4) is 17.6 Å². The summed E-state index contributed by atoms with van der Waals surface area (Å²) in [6, 6.07) is 7.74. The maximum absolute atomic E-state index is 9.07. The fraction of sp³-hybridized carbons (Fsp3) is 0.353. The summed E-state index contributed by atoms with van der Waals surface area (Å²) >= 11 is 0. The fourth-order valence-electron chi connectivity index (χ4n) is 2.10. The van der Waals surface area contributed by atoms with E-state index in [1.165, 1.54) is 6.20 Å². The van der Waals surface area contributed by atoms with Crippen LogP contribution in [0, 0.1) is 11.3 Å². The van der Waals surface area contributed by atoms with Gasteiger partial charge in [0.05, 0.1) is 19.8 Å². The molecule has 1 aromatic heterocycles. The van der Waals surface area contributed by atoms with Gasteiger partial charge in [0.1, 0.15) is 6.07 Å². The Kier molecular flexibility index (Phi) is 5.75. The van der Waals surface area contributed by atoms with Crippen LogP contribution in [0.5, 0.6) is 11.5 Å². The first kappa shape index (κ1) is 16.6. The Balaban J connectivity index is 2.19. The Morgan fingerprint density at radius 3 is 2.74 bits per heavy atom. The minimum Gasteiger partial charge on any atom is -0.493 e. The lowest BCUT2D eigenvalue weighted by Gasteiger charge is -2.17. The van der Waals surface area contributed by atoms with E-state index in [9.17, 15) is 0 Å². The highest BCUT2D eigenvalue weighted by atomic mass is 16.5. The first-order chi connectivity index (χ1) is 11.2. The first-order valence-corrected chi connectivity index (χ1v) is 7.48. The lowest BCUT2D eigenvalue weighted by Crippen LogP contribution is -2.10. The molecule has 0 fully saturated rings. The number of nitriles is 1. The average molecular weight is 312 g/mol. The van der Waals surface area contributed by atoms with Crippen LogP contribution in [0.25, 0.3) is 0 Å². The van der Waals surface area contributed by atoms with Gasteiger partial charge in [-0.05, 0) is 31.0 Å². The molecule has 0 spiro atoms. The maximum Gasteiger partial charge on any atom is 0.182 e. The van der Waals surface area contributed by atoms with Crippen LogP contribution in [0.1, 0.15) is 37.6 Å². The summed E-state index contributed by atoms with van der Waals surface area (Å²) in [7, 11) is 1.62. The van der Waals surface area contributed by atoms with Gasteiger partial charge < -0.3 is 14.8 Å². The van der Waals surface area contributed by atoms with Crippen molar-refractivity contribution >= 4 is 5.82 Å². The van der Waals surface area contributed by atoms with E-state index in [1.807, 2.05) is 31.2 Å². The van der Waals surface area contributed by atoms with Gasteiger partial charge in [-0.15, -0.1) is 0 Å². The Bertz CT molecular complexity index is 697. The zero-order valence-corrected chi connectivity index (χ0v) is 13.5. The Morgan fingerprint density at radius 2 is 2.04 bits per heavy atom. The largest absolute Gasteiger partial charge is 0.493 e. The molecule has 6 heteroatoms. The molecule has 23 heavy (non-hydrogen) atoms. The smallest absolute Gasteiger partial charge is 0.182 e. The predicted octanol–water partition coefficient (Wildman–Crippen LogP) is 3.32. The molecular formula is C17H20N4O2. The normalized spacial score (nSPS) is 11.4. The molecule has 6 nitrogen and oxygen atoms in total. The van der Waals surface area contributed by atoms with E-state index in [0.29, 0.717) is 18.2 Å². The predicted molar refractivity (Wildman–Crippen MR) is 87.6 cm³/mol. The summed E-state index contributed by atoms with van der Waals surface area (Å²) in [4.78, 5) is 8.16. The number of nitrogens with one attached hydrogen (secondary N) is 1. The van der Waals surface area contributed by atoms with E-state index in [1.54, 1.807) is 13.3 Å². The van der Waals surface area contributed by atoms with Crippen molar-refractivity contribution in [2.75, 3.05) is 19.0 Å². The van der Waals surface area contributed by atoms with Gasteiger partial charge in [0.25, 0.3) is 0 Å². The fourth-order valence-corrected chi connectivity index (χ4v) is 2.10. The number of aromatic nitrogens is 2. The van der Waals surface area contributed by atoms with Crippen LogP contribution >= 0.6 is 0 Å². The second kappa shape index (κ2) is 7.99. The number of rotatable bonds is 7. The molecule has 1 unspecified atom stereocenters. The van der Waals surface area contributed by atoms with Crippen molar-refractivity contribution in [1.29, 1.82) is 5.26 Å². The molecule has 0 aliphatic heterocycles. The number of methoxy groups -OCH3 is 1. The number of hydrogen-bond acceptors (Lipinski definition) is 6. The van der Waals surface area contributed by atoms with E-state index in [-0.39, 0.29) is 11.7 Å². The van der Waals surface area contributed by atoms with Crippen LogP contribution in [0.2, 0.25) is 0 Å². The molecule has 0 amide bonds. The van der Waals surface area contributed by atoms with Gasteiger partial charge in [0.15, 0.2) is 23.0 Å². The zero-order chi connectivity index (χ0) is 16.7. The number of ether oxygens (including phenoxy) is 2. The van der Waals surface area contributed by atoms with Crippen molar-refractivity contribution in [3.63, 3.8) is 0 Å². The molecule has 1 N–H and O–H groups in total. The molecule has 120 valence electrons. The Hall–Kier alpha value is -2.81. The summed E-state index contributed by atoms with van der Waals surface area (Å²) in [5.74, 6) is 1.87. The van der Waals surface area contributed by atoms with Crippen LogP contribution in [0.15, 0.2) is 30.6 Å². The molecular weight excluding hydrogens is 292 g/mol. The summed E-state index contributed by atoms with van der Waals surface area (Å²) in [5.41, 5.74) is 1.27. The number of hydrogen-bond donors (Lipinski definition) is 1. The minimum atomic E-state index is -0.0621. The van der Waals surface area contributed by atoms with Crippen molar-refractivity contribution in [1.82, 2.24) is 9.97 Å². The Morgan fingerprint density at radius 1 is 1.26 bits per heavy atom. The van der Waals surface area contributed by atoms with E-state index in [2.05, 4.69) is 22.2 Å². The van der Waals surface area contributed by atoms with Gasteiger partial charge in [-0.2, -0.15) is 5.26 Å². The highest BCUT2D eigenvalue weighted by Crippen LogP contribution is 2.31. The molecule has 0 saturated carbocycles. The van der Waals surface area contributed by atoms with Crippen LogP contribution in [0.3, 0.4) is 0 Å². The van der Waals surface area contributed by atoms with Gasteiger partial charge >= 0.3 is 0 Å². The van der Waals surface area contributed by atoms with Crippen molar-refractivity contribution in [2.45, 2.75) is 26.3 Å². The molecule has 1 aromatic carbocycles. The quantitative estimate of drug-likeness (QED) is 0.844. The van der Waals surface area contributed by atoms with Crippen molar-refractivity contribution in [3.05, 3.63) is 41.9 Å². The third-order valence-corrected chi connectivity index (χ3v) is 3.31. The van der Waals surface area contributed by atoms with Crippen LogP contribution in [0.4, 0.5) is 5.82 Å². The molecule has 0 aliphatic rings. The van der Waals surface area contributed by atoms with Gasteiger partial charge in [0.2, 0.25) is 0 Å². The summed E-state index contributed by atoms with van der Waals surface area (Å²) in [6.07, 6.45) is 3.99. The summed E-state index contributed by atoms with van der Waals surface area (Å²) < 4.78 is 11.1. The van der Waals surface area contributed by atoms with E-state index in [0.717, 1.165) is 17.7 Å². The topological polar surface area (TPSA) is 80.1 Å². The van der Waals surface area contributed by atoms with Gasteiger partial charge in [-0.25, -0.2) is 9.97 Å². The monoisotopic (exact) mass is 312 g/mol. The van der Waals surface area contributed by atoms with Crippen molar-refractivity contribution in [2.24, 2.45) is 0 Å². The number of nitrogens with zero attached hydrogens (tertiary/aromatic N) is 3. The molecule has 2 aromatic rings. The van der Waals surface area contributed by atoms with Crippen LogP contribution in [-0.4, -0.2) is 23.7 Å². The molecule has 0 aliphatic carbocycles. The van der Waals surface area contributed by atoms with Crippen molar-refractivity contribution < 1.29 is 9.47 Å². The van der Waals surface area contributed by atoms with Crippen LogP contribution in [-0.2, 0) is 0 Å². The lowest BCUT2D eigenvalue weighted by molar-refractivity contribution is 0.294. The maximum atomic E-state index is 9.07.